The van der Waals surface area contributed by atoms with Gasteiger partial charge in [0.15, 0.2) is 0 Å². The lowest BCUT2D eigenvalue weighted by molar-refractivity contribution is -0.120. The topological polar surface area (TPSA) is 131 Å². The number of nitrogens with two attached hydrogens (primary N) is 2. The number of aromatic hydroxyl groups is 1. The van der Waals surface area contributed by atoms with Crippen molar-refractivity contribution in [2.75, 3.05) is 0 Å². The fourth-order valence-electron chi connectivity index (χ4n) is 4.11. The molecule has 6 N–H and O–H groups in total. The van der Waals surface area contributed by atoms with Crippen LogP contribution in [0.2, 0.25) is 5.02 Å². The average molecular weight is 501 g/mol. The van der Waals surface area contributed by atoms with Gasteiger partial charge in [0.25, 0.3) is 0 Å². The standard InChI is InChI=1S/C28H25ClN4O3/c29-23-15-18(11-13-25(23)34)27(35)26(33-31)22-12-10-19(20-8-4-5-9-21(20)22)16-32-24(28(30)36)14-17-6-2-1-3-7-17/h1-13,15,24,32,34H,14,16,31H2,(H2,30,36)/t24-/m1/s1. The second-order valence-corrected chi connectivity index (χ2v) is 8.72. The number of nitrogens with zero attached hydrogens (tertiary/aromatic N) is 1. The van der Waals surface area contributed by atoms with Crippen LogP contribution in [0.15, 0.2) is 90.0 Å². The summed E-state index contributed by atoms with van der Waals surface area (Å²) in [6.45, 7) is 0.387. The Balaban J connectivity index is 1.63. The maximum absolute atomic E-state index is 13.2. The third-order valence-electron chi connectivity index (χ3n) is 5.99. The van der Waals surface area contributed by atoms with Gasteiger partial charge >= 0.3 is 0 Å². The first-order chi connectivity index (χ1) is 17.4. The number of phenols is 1. The molecule has 1 atom stereocenters. The van der Waals surface area contributed by atoms with Crippen LogP contribution in [0.3, 0.4) is 0 Å². The quantitative estimate of drug-likeness (QED) is 0.120. The predicted molar refractivity (Wildman–Crippen MR) is 142 cm³/mol. The van der Waals surface area contributed by atoms with Crippen LogP contribution in [0, 0.1) is 0 Å². The molecule has 0 bridgehead atoms. The minimum atomic E-state index is -0.548. The Morgan fingerprint density at radius 1 is 0.944 bits per heavy atom. The number of Topliss-reactive ketones (excluding diaryl/α,β-unsaturated/α-hetero) is 1. The number of phenolic OH excluding ortho intramolecular Hbond substituents is 1. The first kappa shape index (κ1) is 24.9. The number of fused-ring (bicyclic) bond motifs is 1. The number of carbonyl (C=O) groups excluding carboxylic acids is 2. The Morgan fingerprint density at radius 2 is 1.64 bits per heavy atom. The number of rotatable bonds is 9. The molecule has 0 aliphatic heterocycles. The molecular formula is C28H25ClN4O3. The van der Waals surface area contributed by atoms with E-state index in [1.54, 1.807) is 6.07 Å². The van der Waals surface area contributed by atoms with Crippen LogP contribution in [-0.2, 0) is 17.8 Å². The average Bonchev–Trinajstić information content (AvgIpc) is 2.89. The van der Waals surface area contributed by atoms with Crippen molar-refractivity contribution in [1.29, 1.82) is 0 Å². The largest absolute Gasteiger partial charge is 0.506 e. The molecule has 0 aromatic heterocycles. The summed E-state index contributed by atoms with van der Waals surface area (Å²) in [5, 5.41) is 18.5. The van der Waals surface area contributed by atoms with Crippen molar-refractivity contribution < 1.29 is 14.7 Å². The molecule has 0 aliphatic rings. The molecule has 0 saturated heterocycles. The summed E-state index contributed by atoms with van der Waals surface area (Å²) in [6, 6.07) is 24.5. The highest BCUT2D eigenvalue weighted by Gasteiger charge is 2.21. The van der Waals surface area contributed by atoms with Gasteiger partial charge in [-0.25, -0.2) is 0 Å². The number of ketones is 1. The van der Waals surface area contributed by atoms with Gasteiger partial charge in [-0.15, -0.1) is 0 Å². The second kappa shape index (κ2) is 11.0. The minimum Gasteiger partial charge on any atom is -0.506 e. The number of hydrazone groups is 1. The van der Waals surface area contributed by atoms with Crippen LogP contribution in [-0.4, -0.2) is 28.6 Å². The van der Waals surface area contributed by atoms with E-state index in [9.17, 15) is 14.7 Å². The zero-order valence-corrected chi connectivity index (χ0v) is 20.1. The molecule has 0 fully saturated rings. The highest BCUT2D eigenvalue weighted by molar-refractivity contribution is 6.53. The molecule has 182 valence electrons. The number of nitrogens with one attached hydrogen (secondary N) is 1. The van der Waals surface area contributed by atoms with E-state index in [4.69, 9.17) is 23.2 Å². The van der Waals surface area contributed by atoms with Crippen LogP contribution in [0.4, 0.5) is 0 Å². The zero-order chi connectivity index (χ0) is 25.7. The molecule has 8 heteroatoms. The molecule has 0 saturated carbocycles. The monoisotopic (exact) mass is 500 g/mol. The van der Waals surface area contributed by atoms with E-state index in [-0.39, 0.29) is 22.0 Å². The number of carbonyl (C=O) groups is 2. The van der Waals surface area contributed by atoms with Crippen molar-refractivity contribution in [3.8, 4) is 5.75 Å². The maximum Gasteiger partial charge on any atom is 0.234 e. The Morgan fingerprint density at radius 3 is 2.31 bits per heavy atom. The number of primary amides is 1. The fourth-order valence-corrected chi connectivity index (χ4v) is 4.29. The van der Waals surface area contributed by atoms with Crippen molar-refractivity contribution in [1.82, 2.24) is 5.32 Å². The van der Waals surface area contributed by atoms with Crippen molar-refractivity contribution in [3.63, 3.8) is 0 Å². The summed E-state index contributed by atoms with van der Waals surface area (Å²) in [4.78, 5) is 25.3. The van der Waals surface area contributed by atoms with E-state index in [0.29, 0.717) is 18.5 Å². The van der Waals surface area contributed by atoms with Crippen molar-refractivity contribution in [2.45, 2.75) is 19.0 Å². The lowest BCUT2D eigenvalue weighted by atomic mass is 9.93. The van der Waals surface area contributed by atoms with Gasteiger partial charge in [-0.2, -0.15) is 5.10 Å². The van der Waals surface area contributed by atoms with E-state index >= 15 is 0 Å². The molecule has 7 nitrogen and oxygen atoms in total. The van der Waals surface area contributed by atoms with Gasteiger partial charge in [-0.3, -0.25) is 9.59 Å². The predicted octanol–water partition coefficient (Wildman–Crippen LogP) is 3.93. The minimum absolute atomic E-state index is 0.0583. The van der Waals surface area contributed by atoms with E-state index < -0.39 is 17.7 Å². The number of benzene rings is 4. The Hall–Kier alpha value is -4.20. The molecule has 1 amide bonds. The van der Waals surface area contributed by atoms with Gasteiger partial charge < -0.3 is 22.0 Å². The molecular weight excluding hydrogens is 476 g/mol. The number of hydrogen-bond acceptors (Lipinski definition) is 6. The van der Waals surface area contributed by atoms with Gasteiger partial charge in [-0.1, -0.05) is 78.3 Å². The van der Waals surface area contributed by atoms with Gasteiger partial charge in [-0.05, 0) is 46.5 Å². The van der Waals surface area contributed by atoms with Crippen molar-refractivity contribution in [2.24, 2.45) is 16.7 Å². The second-order valence-electron chi connectivity index (χ2n) is 8.32. The van der Waals surface area contributed by atoms with E-state index in [0.717, 1.165) is 21.9 Å². The lowest BCUT2D eigenvalue weighted by Crippen LogP contribution is -2.42. The molecule has 0 unspecified atom stereocenters. The highest BCUT2D eigenvalue weighted by Crippen LogP contribution is 2.27. The summed E-state index contributed by atoms with van der Waals surface area (Å²) < 4.78 is 0. The number of halogens is 1. The Bertz CT molecular complexity index is 1450. The van der Waals surface area contributed by atoms with Crippen LogP contribution >= 0.6 is 11.6 Å². The van der Waals surface area contributed by atoms with Crippen LogP contribution in [0.5, 0.6) is 5.75 Å². The summed E-state index contributed by atoms with van der Waals surface area (Å²) >= 11 is 5.99. The molecule has 36 heavy (non-hydrogen) atoms. The van der Waals surface area contributed by atoms with E-state index in [1.807, 2.05) is 60.7 Å². The van der Waals surface area contributed by atoms with Gasteiger partial charge in [0, 0.05) is 17.7 Å². The SMILES string of the molecule is NN=C(C(=O)c1ccc(O)c(Cl)c1)c1ccc(CN[C@H](Cc2ccccc2)C(N)=O)c2ccccc12. The smallest absolute Gasteiger partial charge is 0.234 e. The van der Waals surface area contributed by atoms with Gasteiger partial charge in [0.05, 0.1) is 11.1 Å². The maximum atomic E-state index is 13.2. The Labute approximate surface area is 213 Å². The van der Waals surface area contributed by atoms with Crippen LogP contribution < -0.4 is 16.9 Å². The van der Waals surface area contributed by atoms with Crippen molar-refractivity contribution >= 4 is 39.8 Å². The molecule has 0 radical (unpaired) electrons. The summed E-state index contributed by atoms with van der Waals surface area (Å²) in [7, 11) is 0. The highest BCUT2D eigenvalue weighted by atomic mass is 35.5. The molecule has 4 aromatic carbocycles. The fraction of sp³-hybridized carbons (Fsp3) is 0.107. The van der Waals surface area contributed by atoms with Crippen molar-refractivity contribution in [3.05, 3.63) is 112 Å². The normalized spacial score (nSPS) is 12.4. The molecule has 0 aliphatic carbocycles. The van der Waals surface area contributed by atoms with Gasteiger partial charge in [0.1, 0.15) is 11.5 Å². The third kappa shape index (κ3) is 5.38. The summed E-state index contributed by atoms with van der Waals surface area (Å²) in [5.74, 6) is 4.69. The lowest BCUT2D eigenvalue weighted by Gasteiger charge is -2.18. The van der Waals surface area contributed by atoms with Crippen LogP contribution in [0.1, 0.15) is 27.0 Å². The molecule has 4 rings (SSSR count). The van der Waals surface area contributed by atoms with Gasteiger partial charge in [0.2, 0.25) is 11.7 Å². The summed E-state index contributed by atoms with van der Waals surface area (Å²) in [6.07, 6.45) is 0.472. The Kier molecular flexibility index (Phi) is 7.63. The first-order valence-corrected chi connectivity index (χ1v) is 11.7. The first-order valence-electron chi connectivity index (χ1n) is 11.3. The zero-order valence-electron chi connectivity index (χ0n) is 19.3. The van der Waals surface area contributed by atoms with Crippen LogP contribution in [0.25, 0.3) is 10.8 Å². The number of amides is 1. The number of hydrogen-bond donors (Lipinski definition) is 4. The molecule has 4 aromatic rings. The van der Waals surface area contributed by atoms with E-state index in [1.165, 1.54) is 18.2 Å². The third-order valence-corrected chi connectivity index (χ3v) is 6.29. The molecule has 0 spiro atoms. The van der Waals surface area contributed by atoms with E-state index in [2.05, 4.69) is 10.4 Å². The molecule has 0 heterocycles. The summed E-state index contributed by atoms with van der Waals surface area (Å²) in [5.41, 5.74) is 8.46.